The number of carbonyl (C=O) groups excluding carboxylic acids is 1. The van der Waals surface area contributed by atoms with E-state index in [1.807, 2.05) is 11.8 Å². The number of amides is 1. The lowest BCUT2D eigenvalue weighted by atomic mass is 9.95. The van der Waals surface area contributed by atoms with Gasteiger partial charge in [0.2, 0.25) is 5.91 Å². The number of aromatic nitrogens is 2. The fourth-order valence-corrected chi connectivity index (χ4v) is 3.90. The second-order valence-corrected chi connectivity index (χ2v) is 7.68. The number of nitrogens with zero attached hydrogens (tertiary/aromatic N) is 4. The Morgan fingerprint density at radius 2 is 2.07 bits per heavy atom. The van der Waals surface area contributed by atoms with Crippen molar-refractivity contribution in [3.8, 4) is 0 Å². The molecule has 0 saturated carbocycles. The molecule has 0 aliphatic carbocycles. The van der Waals surface area contributed by atoms with E-state index in [0.29, 0.717) is 23.9 Å². The van der Waals surface area contributed by atoms with Gasteiger partial charge in [-0.2, -0.15) is 0 Å². The summed E-state index contributed by atoms with van der Waals surface area (Å²) in [4.78, 5) is 17.4. The lowest BCUT2D eigenvalue weighted by Crippen LogP contribution is -2.44. The topological polar surface area (TPSA) is 80.9 Å². The van der Waals surface area contributed by atoms with Crippen molar-refractivity contribution in [1.29, 1.82) is 0 Å². The van der Waals surface area contributed by atoms with Crippen molar-refractivity contribution in [2.75, 3.05) is 53.0 Å². The SMILES string of the molecule is COCCN1CCC(CN(CC2CCCO2)C(=O)Cc2nonc2C)CC1. The predicted molar refractivity (Wildman–Crippen MR) is 99.3 cm³/mol. The van der Waals surface area contributed by atoms with Crippen LogP contribution in [0.1, 0.15) is 37.1 Å². The molecule has 2 fully saturated rings. The fraction of sp³-hybridized carbons (Fsp3) is 0.842. The summed E-state index contributed by atoms with van der Waals surface area (Å²) in [5.74, 6) is 0.622. The summed E-state index contributed by atoms with van der Waals surface area (Å²) in [7, 11) is 1.74. The molecule has 3 rings (SSSR count). The van der Waals surface area contributed by atoms with Crippen molar-refractivity contribution < 1.29 is 18.9 Å². The van der Waals surface area contributed by atoms with E-state index in [0.717, 1.165) is 65.1 Å². The van der Waals surface area contributed by atoms with Crippen molar-refractivity contribution >= 4 is 5.91 Å². The Hall–Kier alpha value is -1.51. The van der Waals surface area contributed by atoms with E-state index >= 15 is 0 Å². The maximum absolute atomic E-state index is 13.0. The zero-order valence-electron chi connectivity index (χ0n) is 16.6. The highest BCUT2D eigenvalue weighted by atomic mass is 16.6. The smallest absolute Gasteiger partial charge is 0.228 e. The van der Waals surface area contributed by atoms with E-state index in [-0.39, 0.29) is 18.4 Å². The molecule has 8 heteroatoms. The Kier molecular flexibility index (Phi) is 7.60. The van der Waals surface area contributed by atoms with E-state index in [4.69, 9.17) is 14.1 Å². The highest BCUT2D eigenvalue weighted by molar-refractivity contribution is 5.78. The van der Waals surface area contributed by atoms with Crippen LogP contribution in [0, 0.1) is 12.8 Å². The van der Waals surface area contributed by atoms with Gasteiger partial charge >= 0.3 is 0 Å². The lowest BCUT2D eigenvalue weighted by Gasteiger charge is -2.35. The van der Waals surface area contributed by atoms with Crippen molar-refractivity contribution in [2.45, 2.75) is 45.1 Å². The van der Waals surface area contributed by atoms with E-state index in [1.165, 1.54) is 0 Å². The van der Waals surface area contributed by atoms with Crippen LogP contribution in [0.3, 0.4) is 0 Å². The van der Waals surface area contributed by atoms with Crippen LogP contribution in [0.5, 0.6) is 0 Å². The Balaban J connectivity index is 1.55. The zero-order chi connectivity index (χ0) is 19.1. The van der Waals surface area contributed by atoms with Crippen LogP contribution in [0.15, 0.2) is 4.63 Å². The van der Waals surface area contributed by atoms with Crippen LogP contribution in [-0.2, 0) is 20.7 Å². The Bertz CT molecular complexity index is 580. The average molecular weight is 380 g/mol. The molecule has 8 nitrogen and oxygen atoms in total. The molecule has 3 heterocycles. The molecular weight excluding hydrogens is 348 g/mol. The van der Waals surface area contributed by atoms with Crippen molar-refractivity contribution in [2.24, 2.45) is 5.92 Å². The Morgan fingerprint density at radius 1 is 1.26 bits per heavy atom. The molecule has 2 aliphatic heterocycles. The molecule has 0 radical (unpaired) electrons. The Morgan fingerprint density at radius 3 is 2.70 bits per heavy atom. The highest BCUT2D eigenvalue weighted by Crippen LogP contribution is 2.21. The molecule has 1 amide bonds. The highest BCUT2D eigenvalue weighted by Gasteiger charge is 2.28. The number of ether oxygens (including phenoxy) is 2. The number of methoxy groups -OCH3 is 1. The van der Waals surface area contributed by atoms with Gasteiger partial charge in [-0.25, -0.2) is 4.63 Å². The summed E-state index contributed by atoms with van der Waals surface area (Å²) in [6.45, 7) is 7.99. The van der Waals surface area contributed by atoms with Gasteiger partial charge in [0.05, 0.1) is 19.1 Å². The number of rotatable bonds is 9. The minimum Gasteiger partial charge on any atom is -0.383 e. The van der Waals surface area contributed by atoms with Gasteiger partial charge in [-0.1, -0.05) is 10.3 Å². The first-order valence-corrected chi connectivity index (χ1v) is 10.0. The molecule has 1 unspecified atom stereocenters. The summed E-state index contributed by atoms with van der Waals surface area (Å²) < 4.78 is 15.7. The summed E-state index contributed by atoms with van der Waals surface area (Å²) in [5, 5.41) is 7.66. The summed E-state index contributed by atoms with van der Waals surface area (Å²) in [5.41, 5.74) is 1.32. The third-order valence-corrected chi connectivity index (χ3v) is 5.66. The predicted octanol–water partition coefficient (Wildman–Crippen LogP) is 1.29. The molecule has 2 aliphatic rings. The quantitative estimate of drug-likeness (QED) is 0.638. The molecule has 27 heavy (non-hydrogen) atoms. The van der Waals surface area contributed by atoms with Gasteiger partial charge in [0.25, 0.3) is 0 Å². The normalized spacial score (nSPS) is 21.6. The average Bonchev–Trinajstić information content (AvgIpc) is 3.33. The maximum Gasteiger partial charge on any atom is 0.228 e. The lowest BCUT2D eigenvalue weighted by molar-refractivity contribution is -0.133. The van der Waals surface area contributed by atoms with Crippen molar-refractivity contribution in [1.82, 2.24) is 20.1 Å². The molecule has 152 valence electrons. The fourth-order valence-electron chi connectivity index (χ4n) is 3.90. The molecule has 0 N–H and O–H groups in total. The van der Waals surface area contributed by atoms with Gasteiger partial charge in [0, 0.05) is 33.4 Å². The zero-order valence-corrected chi connectivity index (χ0v) is 16.6. The number of hydrogen-bond donors (Lipinski definition) is 0. The first-order valence-electron chi connectivity index (χ1n) is 10.0. The molecule has 2 saturated heterocycles. The molecule has 1 atom stereocenters. The monoisotopic (exact) mass is 380 g/mol. The van der Waals surface area contributed by atoms with Crippen LogP contribution >= 0.6 is 0 Å². The largest absolute Gasteiger partial charge is 0.383 e. The number of likely N-dealkylation sites (tertiary alicyclic amines) is 1. The van der Waals surface area contributed by atoms with Crippen molar-refractivity contribution in [3.63, 3.8) is 0 Å². The molecule has 0 spiro atoms. The van der Waals surface area contributed by atoms with Gasteiger partial charge < -0.3 is 19.3 Å². The van der Waals surface area contributed by atoms with Gasteiger partial charge in [0.15, 0.2) is 0 Å². The first kappa shape index (κ1) is 20.2. The van der Waals surface area contributed by atoms with Gasteiger partial charge in [-0.15, -0.1) is 0 Å². The Labute approximate surface area is 161 Å². The minimum absolute atomic E-state index is 0.0890. The van der Waals surface area contributed by atoms with Crippen molar-refractivity contribution in [3.05, 3.63) is 11.4 Å². The second-order valence-electron chi connectivity index (χ2n) is 7.68. The van der Waals surface area contributed by atoms with Crippen LogP contribution in [0.4, 0.5) is 0 Å². The number of piperidine rings is 1. The van der Waals surface area contributed by atoms with Gasteiger partial charge in [0.1, 0.15) is 11.4 Å². The number of carbonyl (C=O) groups is 1. The maximum atomic E-state index is 13.0. The third-order valence-electron chi connectivity index (χ3n) is 5.66. The van der Waals surface area contributed by atoms with Crippen LogP contribution in [0.2, 0.25) is 0 Å². The molecular formula is C19H32N4O4. The molecule has 1 aromatic heterocycles. The van der Waals surface area contributed by atoms with E-state index < -0.39 is 0 Å². The standard InChI is InChI=1S/C19H32N4O4/c1-15-18(21-27-20-15)12-19(24)23(14-17-4-3-10-26-17)13-16-5-7-22(8-6-16)9-11-25-2/h16-17H,3-14H2,1-2H3. The molecule has 0 bridgehead atoms. The molecule has 0 aromatic carbocycles. The summed E-state index contributed by atoms with van der Waals surface area (Å²) in [6.07, 6.45) is 4.75. The van der Waals surface area contributed by atoms with E-state index in [9.17, 15) is 4.79 Å². The minimum atomic E-state index is 0.0890. The van der Waals surface area contributed by atoms with E-state index in [2.05, 4.69) is 15.2 Å². The van der Waals surface area contributed by atoms with Crippen LogP contribution in [-0.4, -0.2) is 85.2 Å². The molecule has 1 aromatic rings. The van der Waals surface area contributed by atoms with Crippen LogP contribution < -0.4 is 0 Å². The van der Waals surface area contributed by atoms with Gasteiger partial charge in [-0.3, -0.25) is 4.79 Å². The summed E-state index contributed by atoms with van der Waals surface area (Å²) >= 11 is 0. The number of aryl methyl sites for hydroxylation is 1. The van der Waals surface area contributed by atoms with Gasteiger partial charge in [-0.05, 0) is 51.6 Å². The van der Waals surface area contributed by atoms with E-state index in [1.54, 1.807) is 7.11 Å². The first-order chi connectivity index (χ1) is 13.2. The van der Waals surface area contributed by atoms with Crippen LogP contribution in [0.25, 0.3) is 0 Å². The second kappa shape index (κ2) is 10.1. The summed E-state index contributed by atoms with van der Waals surface area (Å²) in [6, 6.07) is 0. The third kappa shape index (κ3) is 5.99. The number of hydrogen-bond acceptors (Lipinski definition) is 7.